The lowest BCUT2D eigenvalue weighted by atomic mass is 10.1. The van der Waals surface area contributed by atoms with Gasteiger partial charge in [0.2, 0.25) is 5.95 Å². The maximum Gasteiger partial charge on any atom is 0.421 e. The standard InChI is InChI=1S/C37H46N6O5/c1-7-42(8-2)23-10-9-21-38-35(44)28-14-16-30(17-15-28)40-36-39-22-20-33(41-36)43(25-29-24-31(46-5)18-19-32(29)47-6)37(45)48-34-26(3)12-11-13-27(34)4/h11-20,22,24H,7-10,21,23,25H2,1-6H3,(H,38,44)(H,39,40,41). The van der Waals surface area contributed by atoms with Gasteiger partial charge in [-0.2, -0.15) is 4.98 Å². The molecular formula is C37H46N6O5. The normalized spacial score (nSPS) is 10.8. The molecule has 48 heavy (non-hydrogen) atoms. The Morgan fingerprint density at radius 3 is 2.27 bits per heavy atom. The molecule has 0 bridgehead atoms. The fourth-order valence-corrected chi connectivity index (χ4v) is 5.22. The van der Waals surface area contributed by atoms with Gasteiger partial charge in [0, 0.05) is 29.6 Å². The highest BCUT2D eigenvalue weighted by Gasteiger charge is 2.24. The minimum Gasteiger partial charge on any atom is -0.497 e. The van der Waals surface area contributed by atoms with Crippen molar-refractivity contribution in [3.05, 3.63) is 95.2 Å². The quantitative estimate of drug-likeness (QED) is 0.124. The van der Waals surface area contributed by atoms with Gasteiger partial charge in [0.25, 0.3) is 5.91 Å². The molecule has 11 heteroatoms. The van der Waals surface area contributed by atoms with Gasteiger partial charge in [-0.15, -0.1) is 0 Å². The van der Waals surface area contributed by atoms with Crippen LogP contribution in [-0.2, 0) is 6.54 Å². The number of aromatic nitrogens is 2. The Morgan fingerprint density at radius 1 is 0.875 bits per heavy atom. The van der Waals surface area contributed by atoms with Crippen molar-refractivity contribution >= 4 is 29.5 Å². The zero-order valence-corrected chi connectivity index (χ0v) is 28.7. The molecule has 1 aromatic heterocycles. The van der Waals surface area contributed by atoms with Crippen molar-refractivity contribution in [1.82, 2.24) is 20.2 Å². The third-order valence-electron chi connectivity index (χ3n) is 8.04. The first-order valence-corrected chi connectivity index (χ1v) is 16.2. The maximum atomic E-state index is 13.8. The van der Waals surface area contributed by atoms with E-state index < -0.39 is 6.09 Å². The molecule has 0 radical (unpaired) electrons. The summed E-state index contributed by atoms with van der Waals surface area (Å²) in [6.45, 7) is 11.9. The molecule has 2 amide bonds. The average Bonchev–Trinajstić information content (AvgIpc) is 3.10. The van der Waals surface area contributed by atoms with Gasteiger partial charge in [-0.05, 0) is 106 Å². The lowest BCUT2D eigenvalue weighted by Gasteiger charge is -2.23. The summed E-state index contributed by atoms with van der Waals surface area (Å²) in [5.74, 6) is 2.14. The van der Waals surface area contributed by atoms with Crippen LogP contribution in [0.25, 0.3) is 0 Å². The number of carbonyl (C=O) groups is 2. The van der Waals surface area contributed by atoms with Crippen LogP contribution in [0.15, 0.2) is 72.9 Å². The van der Waals surface area contributed by atoms with Crippen LogP contribution in [0.2, 0.25) is 0 Å². The summed E-state index contributed by atoms with van der Waals surface area (Å²) in [6, 6.07) is 19.8. The predicted octanol–water partition coefficient (Wildman–Crippen LogP) is 6.91. The number of methoxy groups -OCH3 is 2. The summed E-state index contributed by atoms with van der Waals surface area (Å²) >= 11 is 0. The molecule has 0 aliphatic heterocycles. The Kier molecular flexibility index (Phi) is 13.1. The van der Waals surface area contributed by atoms with Crippen molar-refractivity contribution in [3.8, 4) is 17.2 Å². The number of rotatable bonds is 16. The molecule has 11 nitrogen and oxygen atoms in total. The molecule has 0 saturated carbocycles. The molecule has 0 aliphatic carbocycles. The third kappa shape index (κ3) is 9.68. The van der Waals surface area contributed by atoms with Crippen molar-refractivity contribution < 1.29 is 23.8 Å². The number of amides is 2. The molecule has 0 unspecified atom stereocenters. The van der Waals surface area contributed by atoms with Crippen molar-refractivity contribution in [2.45, 2.75) is 47.1 Å². The number of unbranched alkanes of at least 4 members (excludes halogenated alkanes) is 1. The molecule has 0 aliphatic rings. The van der Waals surface area contributed by atoms with Crippen molar-refractivity contribution in [2.75, 3.05) is 50.6 Å². The summed E-state index contributed by atoms with van der Waals surface area (Å²) in [6.07, 6.45) is 2.91. The van der Waals surface area contributed by atoms with Crippen LogP contribution in [0.4, 0.5) is 22.2 Å². The molecular weight excluding hydrogens is 608 g/mol. The lowest BCUT2D eigenvalue weighted by Crippen LogP contribution is -2.34. The van der Waals surface area contributed by atoms with Crippen LogP contribution >= 0.6 is 0 Å². The smallest absolute Gasteiger partial charge is 0.421 e. The van der Waals surface area contributed by atoms with Gasteiger partial charge in [-0.3, -0.25) is 9.69 Å². The first-order chi connectivity index (χ1) is 23.3. The van der Waals surface area contributed by atoms with Gasteiger partial charge >= 0.3 is 6.09 Å². The van der Waals surface area contributed by atoms with Gasteiger partial charge < -0.3 is 29.7 Å². The SMILES string of the molecule is CCN(CC)CCCCNC(=O)c1ccc(Nc2nccc(N(Cc3cc(OC)ccc3OC)C(=O)Oc3c(C)cccc3C)n2)cc1. The molecule has 2 N–H and O–H groups in total. The van der Waals surface area contributed by atoms with Crippen LogP contribution in [0.3, 0.4) is 0 Å². The highest BCUT2D eigenvalue weighted by Crippen LogP contribution is 2.29. The van der Waals surface area contributed by atoms with Crippen LogP contribution in [0, 0.1) is 13.8 Å². The first-order valence-electron chi connectivity index (χ1n) is 16.2. The minimum atomic E-state index is -0.620. The van der Waals surface area contributed by atoms with Crippen molar-refractivity contribution in [2.24, 2.45) is 0 Å². The zero-order valence-electron chi connectivity index (χ0n) is 28.7. The Labute approximate surface area is 283 Å². The summed E-state index contributed by atoms with van der Waals surface area (Å²) in [5.41, 5.74) is 3.61. The predicted molar refractivity (Wildman–Crippen MR) is 189 cm³/mol. The topological polar surface area (TPSA) is 118 Å². The number of hydrogen-bond donors (Lipinski definition) is 2. The van der Waals surface area contributed by atoms with Gasteiger partial charge in [-0.1, -0.05) is 32.0 Å². The minimum absolute atomic E-state index is 0.0832. The highest BCUT2D eigenvalue weighted by molar-refractivity contribution is 5.94. The summed E-state index contributed by atoms with van der Waals surface area (Å²) in [7, 11) is 3.15. The average molecular weight is 655 g/mol. The number of benzene rings is 3. The van der Waals surface area contributed by atoms with E-state index in [-0.39, 0.29) is 18.4 Å². The second kappa shape index (κ2) is 17.7. The van der Waals surface area contributed by atoms with Gasteiger partial charge in [0.05, 0.1) is 20.8 Å². The molecule has 0 fully saturated rings. The van der Waals surface area contributed by atoms with Crippen molar-refractivity contribution in [3.63, 3.8) is 0 Å². The maximum absolute atomic E-state index is 13.8. The van der Waals surface area contributed by atoms with Crippen molar-refractivity contribution in [1.29, 1.82) is 0 Å². The number of carbonyl (C=O) groups excluding carboxylic acids is 2. The van der Waals surface area contributed by atoms with Crippen LogP contribution in [0.5, 0.6) is 17.2 Å². The molecule has 0 saturated heterocycles. The largest absolute Gasteiger partial charge is 0.497 e. The van der Waals surface area contributed by atoms with Crippen LogP contribution < -0.4 is 29.7 Å². The van der Waals surface area contributed by atoms with E-state index in [0.717, 1.165) is 43.6 Å². The van der Waals surface area contributed by atoms with E-state index >= 15 is 0 Å². The monoisotopic (exact) mass is 654 g/mol. The van der Waals surface area contributed by atoms with E-state index in [4.69, 9.17) is 14.2 Å². The fraction of sp³-hybridized carbons (Fsp3) is 0.351. The van der Waals surface area contributed by atoms with Gasteiger partial charge in [-0.25, -0.2) is 9.78 Å². The number of para-hydroxylation sites is 1. The molecule has 0 spiro atoms. The van der Waals surface area contributed by atoms with Gasteiger partial charge in [0.1, 0.15) is 23.1 Å². The second-order valence-corrected chi connectivity index (χ2v) is 11.3. The fourth-order valence-electron chi connectivity index (χ4n) is 5.22. The Balaban J connectivity index is 1.50. The highest BCUT2D eigenvalue weighted by atomic mass is 16.6. The summed E-state index contributed by atoms with van der Waals surface area (Å²) in [5, 5.41) is 6.18. The first kappa shape index (κ1) is 35.7. The second-order valence-electron chi connectivity index (χ2n) is 11.3. The van der Waals surface area contributed by atoms with Crippen LogP contribution in [-0.4, -0.2) is 67.3 Å². The Morgan fingerprint density at radius 2 is 1.60 bits per heavy atom. The molecule has 3 aromatic carbocycles. The third-order valence-corrected chi connectivity index (χ3v) is 8.04. The van der Waals surface area contributed by atoms with E-state index in [1.54, 1.807) is 62.9 Å². The number of nitrogens with one attached hydrogen (secondary N) is 2. The number of ether oxygens (including phenoxy) is 3. The molecule has 4 rings (SSSR count). The summed E-state index contributed by atoms with van der Waals surface area (Å²) in [4.78, 5) is 39.3. The zero-order chi connectivity index (χ0) is 34.5. The lowest BCUT2D eigenvalue weighted by molar-refractivity contribution is 0.0952. The van der Waals surface area contributed by atoms with Gasteiger partial charge in [0.15, 0.2) is 0 Å². The number of aryl methyl sites for hydroxylation is 2. The van der Waals surface area contributed by atoms with E-state index in [1.165, 1.54) is 4.90 Å². The molecule has 1 heterocycles. The number of anilines is 3. The Bertz CT molecular complexity index is 1640. The van der Waals surface area contributed by atoms with E-state index in [2.05, 4.69) is 39.3 Å². The number of nitrogens with zero attached hydrogens (tertiary/aromatic N) is 4. The molecule has 4 aromatic rings. The molecule has 254 valence electrons. The van der Waals surface area contributed by atoms with E-state index in [1.807, 2.05) is 38.1 Å². The number of hydrogen-bond acceptors (Lipinski definition) is 9. The summed E-state index contributed by atoms with van der Waals surface area (Å²) < 4.78 is 17.0. The van der Waals surface area contributed by atoms with Crippen LogP contribution in [0.1, 0.15) is 53.7 Å². The molecule has 0 atom stereocenters. The van der Waals surface area contributed by atoms with E-state index in [0.29, 0.717) is 46.4 Å². The Hall–Kier alpha value is -5.16. The van der Waals surface area contributed by atoms with E-state index in [9.17, 15) is 9.59 Å².